The summed E-state index contributed by atoms with van der Waals surface area (Å²) in [6.45, 7) is 2.13. The van der Waals surface area contributed by atoms with E-state index in [2.05, 4.69) is 20.5 Å². The first-order valence-corrected chi connectivity index (χ1v) is 10.9. The third kappa shape index (κ3) is 4.36. The van der Waals surface area contributed by atoms with E-state index in [1.165, 1.54) is 23.1 Å². The summed E-state index contributed by atoms with van der Waals surface area (Å²) in [5.41, 5.74) is 2.15. The van der Waals surface area contributed by atoms with E-state index >= 15 is 0 Å². The molecule has 0 saturated carbocycles. The lowest BCUT2D eigenvalue weighted by Crippen LogP contribution is -2.24. The smallest absolute Gasteiger partial charge is 0.272 e. The number of thioether (sulfide) groups is 1. The van der Waals surface area contributed by atoms with E-state index < -0.39 is 0 Å². The van der Waals surface area contributed by atoms with Gasteiger partial charge in [-0.15, -0.1) is 11.3 Å². The lowest BCUT2D eigenvalue weighted by Gasteiger charge is -2.13. The Hall–Kier alpha value is -2.62. The normalized spacial score (nSPS) is 11.1. The van der Waals surface area contributed by atoms with Crippen LogP contribution in [0.4, 0.5) is 5.82 Å². The van der Waals surface area contributed by atoms with Crippen LogP contribution in [0.3, 0.4) is 0 Å². The van der Waals surface area contributed by atoms with E-state index in [1.807, 2.05) is 30.5 Å². The fraction of sp³-hybridized carbons (Fsp3) is 0.158. The molecule has 4 aromatic rings. The first-order chi connectivity index (χ1) is 14.0. The van der Waals surface area contributed by atoms with Gasteiger partial charge < -0.3 is 5.32 Å². The number of thiophene rings is 1. The summed E-state index contributed by atoms with van der Waals surface area (Å²) in [5, 5.41) is 12.4. The van der Waals surface area contributed by atoms with E-state index in [0.717, 1.165) is 11.3 Å². The average molecular weight is 446 g/mol. The molecule has 148 valence electrons. The van der Waals surface area contributed by atoms with Crippen LogP contribution in [0.5, 0.6) is 0 Å². The number of rotatable bonds is 6. The Morgan fingerprint density at radius 2 is 2.17 bits per heavy atom. The zero-order valence-electron chi connectivity index (χ0n) is 15.3. The van der Waals surface area contributed by atoms with Gasteiger partial charge in [-0.05, 0) is 30.0 Å². The van der Waals surface area contributed by atoms with Gasteiger partial charge in [-0.3, -0.25) is 19.3 Å². The van der Waals surface area contributed by atoms with Gasteiger partial charge in [0.05, 0.1) is 17.8 Å². The molecule has 7 nitrogen and oxygen atoms in total. The zero-order valence-corrected chi connectivity index (χ0v) is 17.7. The Bertz CT molecular complexity index is 1250. The molecule has 1 aromatic carbocycles. The quantitative estimate of drug-likeness (QED) is 0.346. The molecule has 0 unspecified atom stereocenters. The molecule has 3 aromatic heterocycles. The molecular formula is C19H16ClN5O2S2. The number of benzene rings is 1. The summed E-state index contributed by atoms with van der Waals surface area (Å²) in [7, 11) is 0. The molecule has 10 heteroatoms. The number of aryl methyl sites for hydroxylation is 1. The first kappa shape index (κ1) is 19.7. The minimum atomic E-state index is -0.231. The van der Waals surface area contributed by atoms with Crippen LogP contribution in [0.1, 0.15) is 11.3 Å². The summed E-state index contributed by atoms with van der Waals surface area (Å²) in [5.74, 6) is 0.324. The standard InChI is InChI=1S/C19H16ClN5O2S2/c1-11-8-15(24-23-11)22-16(26)10-29-19-21-14-6-7-28-17(14)18(27)25(19)9-12-4-2-3-5-13(12)20/h2-8H,9-10H2,1H3,(H2,22,23,24,26). The number of aromatic nitrogens is 4. The topological polar surface area (TPSA) is 92.7 Å². The molecule has 0 aliphatic carbocycles. The van der Waals surface area contributed by atoms with Gasteiger partial charge in [0.25, 0.3) is 5.56 Å². The molecule has 0 fully saturated rings. The number of H-pyrrole nitrogens is 1. The Kier molecular flexibility index (Phi) is 5.70. The van der Waals surface area contributed by atoms with Crippen LogP contribution in [-0.2, 0) is 11.3 Å². The van der Waals surface area contributed by atoms with Crippen LogP contribution >= 0.6 is 34.7 Å². The highest BCUT2D eigenvalue weighted by Crippen LogP contribution is 2.23. The lowest BCUT2D eigenvalue weighted by molar-refractivity contribution is -0.113. The highest BCUT2D eigenvalue weighted by molar-refractivity contribution is 7.99. The predicted molar refractivity (Wildman–Crippen MR) is 117 cm³/mol. The minimum absolute atomic E-state index is 0.0938. The number of fused-ring (bicyclic) bond motifs is 1. The fourth-order valence-corrected chi connectivity index (χ4v) is 4.53. The lowest BCUT2D eigenvalue weighted by atomic mass is 10.2. The number of halogens is 1. The predicted octanol–water partition coefficient (Wildman–Crippen LogP) is 3.92. The summed E-state index contributed by atoms with van der Waals surface area (Å²) in [4.78, 5) is 29.9. The Labute approximate surface area is 179 Å². The molecule has 0 bridgehead atoms. The number of nitrogens with one attached hydrogen (secondary N) is 2. The monoisotopic (exact) mass is 445 g/mol. The summed E-state index contributed by atoms with van der Waals surface area (Å²) in [6, 6.07) is 10.9. The number of hydrogen-bond donors (Lipinski definition) is 2. The van der Waals surface area contributed by atoms with Crippen LogP contribution in [0.15, 0.2) is 51.7 Å². The number of carbonyl (C=O) groups excluding carboxylic acids is 1. The molecule has 29 heavy (non-hydrogen) atoms. The number of aromatic amines is 1. The summed E-state index contributed by atoms with van der Waals surface area (Å²) < 4.78 is 2.15. The van der Waals surface area contributed by atoms with E-state index in [0.29, 0.717) is 26.2 Å². The van der Waals surface area contributed by atoms with E-state index in [9.17, 15) is 9.59 Å². The van der Waals surface area contributed by atoms with Gasteiger partial charge in [-0.2, -0.15) is 5.10 Å². The van der Waals surface area contributed by atoms with Crippen molar-refractivity contribution in [1.29, 1.82) is 0 Å². The fourth-order valence-electron chi connectivity index (χ4n) is 2.76. The van der Waals surface area contributed by atoms with Gasteiger partial charge in [-0.25, -0.2) is 4.98 Å². The second kappa shape index (κ2) is 8.40. The third-order valence-corrected chi connectivity index (χ3v) is 6.36. The maximum Gasteiger partial charge on any atom is 0.272 e. The van der Waals surface area contributed by atoms with Gasteiger partial charge in [0, 0.05) is 16.8 Å². The van der Waals surface area contributed by atoms with Crippen molar-refractivity contribution in [1.82, 2.24) is 19.7 Å². The molecule has 0 atom stereocenters. The molecule has 0 aliphatic heterocycles. The largest absolute Gasteiger partial charge is 0.308 e. The third-order valence-electron chi connectivity index (χ3n) is 4.12. The Morgan fingerprint density at radius 1 is 1.34 bits per heavy atom. The van der Waals surface area contributed by atoms with Gasteiger partial charge in [-0.1, -0.05) is 41.6 Å². The molecular weight excluding hydrogens is 430 g/mol. The van der Waals surface area contributed by atoms with Crippen LogP contribution in [0.2, 0.25) is 5.02 Å². The van der Waals surface area contributed by atoms with Crippen molar-refractivity contribution in [2.45, 2.75) is 18.6 Å². The number of anilines is 1. The first-order valence-electron chi connectivity index (χ1n) is 8.67. The number of carbonyl (C=O) groups is 1. The molecule has 0 saturated heterocycles. The number of hydrogen-bond acceptors (Lipinski definition) is 6. The molecule has 0 aliphatic rings. The maximum atomic E-state index is 13.0. The van der Waals surface area contributed by atoms with E-state index in [1.54, 1.807) is 22.8 Å². The van der Waals surface area contributed by atoms with Crippen molar-refractivity contribution < 1.29 is 4.79 Å². The SMILES string of the molecule is Cc1cc(NC(=O)CSc2nc3ccsc3c(=O)n2Cc2ccccc2Cl)n[nH]1. The van der Waals surface area contributed by atoms with Crippen molar-refractivity contribution in [3.8, 4) is 0 Å². The molecule has 2 N–H and O–H groups in total. The molecule has 3 heterocycles. The molecule has 1 amide bonds. The summed E-state index contributed by atoms with van der Waals surface area (Å²) >= 11 is 8.83. The molecule has 0 spiro atoms. The highest BCUT2D eigenvalue weighted by Gasteiger charge is 2.16. The van der Waals surface area contributed by atoms with Crippen LogP contribution in [0, 0.1) is 6.92 Å². The van der Waals surface area contributed by atoms with Crippen molar-refractivity contribution in [3.05, 3.63) is 68.4 Å². The average Bonchev–Trinajstić information content (AvgIpc) is 3.33. The number of amides is 1. The van der Waals surface area contributed by atoms with Crippen molar-refractivity contribution >= 4 is 56.6 Å². The maximum absolute atomic E-state index is 13.0. The zero-order chi connectivity index (χ0) is 20.4. The molecule has 4 rings (SSSR count). The van der Waals surface area contributed by atoms with E-state index in [4.69, 9.17) is 11.6 Å². The van der Waals surface area contributed by atoms with Gasteiger partial charge in [0.2, 0.25) is 5.91 Å². The van der Waals surface area contributed by atoms with Crippen molar-refractivity contribution in [2.24, 2.45) is 0 Å². The van der Waals surface area contributed by atoms with E-state index in [-0.39, 0.29) is 23.8 Å². The Morgan fingerprint density at radius 3 is 2.93 bits per heavy atom. The van der Waals surface area contributed by atoms with Crippen LogP contribution in [0.25, 0.3) is 10.2 Å². The van der Waals surface area contributed by atoms with Gasteiger partial charge in [0.15, 0.2) is 11.0 Å². The minimum Gasteiger partial charge on any atom is -0.308 e. The Balaban J connectivity index is 1.61. The summed E-state index contributed by atoms with van der Waals surface area (Å²) in [6.07, 6.45) is 0. The van der Waals surface area contributed by atoms with Crippen molar-refractivity contribution in [2.75, 3.05) is 11.1 Å². The van der Waals surface area contributed by atoms with Crippen LogP contribution < -0.4 is 10.9 Å². The van der Waals surface area contributed by atoms with Gasteiger partial charge >= 0.3 is 0 Å². The second-order valence-corrected chi connectivity index (χ2v) is 8.55. The number of nitrogens with zero attached hydrogens (tertiary/aromatic N) is 3. The highest BCUT2D eigenvalue weighted by atomic mass is 35.5. The molecule has 0 radical (unpaired) electrons. The second-order valence-electron chi connectivity index (χ2n) is 6.29. The van der Waals surface area contributed by atoms with Gasteiger partial charge in [0.1, 0.15) is 4.70 Å². The van der Waals surface area contributed by atoms with Crippen molar-refractivity contribution in [3.63, 3.8) is 0 Å². The van der Waals surface area contributed by atoms with Crippen LogP contribution in [-0.4, -0.2) is 31.4 Å².